The molecule has 0 saturated heterocycles. The van der Waals surface area contributed by atoms with E-state index in [9.17, 15) is 24.3 Å². The Bertz CT molecular complexity index is 885. The van der Waals surface area contributed by atoms with Crippen LogP contribution in [0.5, 0.6) is 0 Å². The minimum atomic E-state index is -1.14. The predicted octanol–water partition coefficient (Wildman–Crippen LogP) is 0.0489. The normalized spacial score (nSPS) is 11.8. The van der Waals surface area contributed by atoms with Crippen LogP contribution in [-0.2, 0) is 29.7 Å². The summed E-state index contributed by atoms with van der Waals surface area (Å²) in [5.74, 6) is -1.67. The van der Waals surface area contributed by atoms with Gasteiger partial charge in [0.25, 0.3) is 5.56 Å². The number of carboxylic acids is 1. The Morgan fingerprint density at radius 3 is 2.40 bits per heavy atom. The van der Waals surface area contributed by atoms with Crippen LogP contribution < -0.4 is 11.2 Å². The molecule has 2 aromatic rings. The van der Waals surface area contributed by atoms with Crippen LogP contribution in [0.1, 0.15) is 12.5 Å². The van der Waals surface area contributed by atoms with Crippen LogP contribution in [0.25, 0.3) is 0 Å². The average Bonchev–Trinajstić information content (AvgIpc) is 2.60. The number of hydrogen-bond donors (Lipinski definition) is 1. The Labute approximate surface area is 143 Å². The van der Waals surface area contributed by atoms with Gasteiger partial charge in [-0.05, 0) is 12.5 Å². The molecule has 1 unspecified atom stereocenters. The summed E-state index contributed by atoms with van der Waals surface area (Å²) in [6.07, 6.45) is 1.23. The number of carboxylic acid groups (broad SMARTS) is 1. The van der Waals surface area contributed by atoms with E-state index in [1.54, 1.807) is 24.3 Å². The van der Waals surface area contributed by atoms with Gasteiger partial charge in [0, 0.05) is 25.9 Å². The van der Waals surface area contributed by atoms with Crippen molar-refractivity contribution in [1.82, 2.24) is 14.0 Å². The van der Waals surface area contributed by atoms with E-state index in [4.69, 9.17) is 0 Å². The molecule has 1 atom stereocenters. The third kappa shape index (κ3) is 4.23. The molecular formula is C17H19N3O5. The zero-order valence-corrected chi connectivity index (χ0v) is 14.0. The van der Waals surface area contributed by atoms with Gasteiger partial charge >= 0.3 is 11.7 Å². The molecule has 8 nitrogen and oxygen atoms in total. The number of benzene rings is 1. The highest BCUT2D eigenvalue weighted by Gasteiger charge is 2.26. The summed E-state index contributed by atoms with van der Waals surface area (Å²) in [4.78, 5) is 48.6. The Kier molecular flexibility index (Phi) is 5.53. The van der Waals surface area contributed by atoms with Crippen LogP contribution in [0.15, 0.2) is 52.2 Å². The minimum Gasteiger partial charge on any atom is -0.480 e. The fraction of sp³-hybridized carbons (Fsp3) is 0.294. The highest BCUT2D eigenvalue weighted by atomic mass is 16.4. The van der Waals surface area contributed by atoms with Gasteiger partial charge in [0.05, 0.1) is 0 Å². The molecular weight excluding hydrogens is 326 g/mol. The molecule has 1 amide bonds. The Balaban J connectivity index is 2.29. The number of nitrogens with zero attached hydrogens (tertiary/aromatic N) is 3. The fourth-order valence-corrected chi connectivity index (χ4v) is 2.33. The standard InChI is InChI=1S/C17H19N3O5/c1-12(16(23)24)20(10-13-6-4-3-5-7-13)15(22)11-19-9-8-14(21)18(2)17(19)25/h3-9,12H,10-11H2,1-2H3,(H,23,24). The number of carbonyl (C=O) groups excluding carboxylic acids is 1. The Morgan fingerprint density at radius 1 is 1.16 bits per heavy atom. The lowest BCUT2D eigenvalue weighted by atomic mass is 10.1. The first-order valence-corrected chi connectivity index (χ1v) is 7.64. The van der Waals surface area contributed by atoms with Crippen LogP contribution >= 0.6 is 0 Å². The summed E-state index contributed by atoms with van der Waals surface area (Å²) in [6, 6.07) is 9.09. The van der Waals surface area contributed by atoms with Gasteiger partial charge in [-0.1, -0.05) is 30.3 Å². The van der Waals surface area contributed by atoms with E-state index in [2.05, 4.69) is 0 Å². The van der Waals surface area contributed by atoms with Crippen LogP contribution in [0.2, 0.25) is 0 Å². The number of hydrogen-bond acceptors (Lipinski definition) is 4. The molecule has 0 aliphatic rings. The molecule has 1 aromatic carbocycles. The average molecular weight is 345 g/mol. The van der Waals surface area contributed by atoms with Crippen molar-refractivity contribution in [3.63, 3.8) is 0 Å². The lowest BCUT2D eigenvalue weighted by Crippen LogP contribution is -2.46. The topological polar surface area (TPSA) is 102 Å². The molecule has 1 N–H and O–H groups in total. The largest absolute Gasteiger partial charge is 0.480 e. The molecule has 0 radical (unpaired) electrons. The highest BCUT2D eigenvalue weighted by molar-refractivity contribution is 5.83. The van der Waals surface area contributed by atoms with Gasteiger partial charge in [0.15, 0.2) is 0 Å². The van der Waals surface area contributed by atoms with Gasteiger partial charge in [0.1, 0.15) is 12.6 Å². The lowest BCUT2D eigenvalue weighted by Gasteiger charge is -2.27. The van der Waals surface area contributed by atoms with Crippen molar-refractivity contribution in [2.45, 2.75) is 26.1 Å². The maximum absolute atomic E-state index is 12.6. The van der Waals surface area contributed by atoms with Crippen LogP contribution in [0.4, 0.5) is 0 Å². The van der Waals surface area contributed by atoms with Gasteiger partial charge in [-0.3, -0.25) is 18.7 Å². The van der Waals surface area contributed by atoms with E-state index in [1.807, 2.05) is 6.07 Å². The number of amides is 1. The van der Waals surface area contributed by atoms with Crippen molar-refractivity contribution in [3.05, 3.63) is 69.0 Å². The summed E-state index contributed by atoms with van der Waals surface area (Å²) < 4.78 is 1.96. The zero-order valence-electron chi connectivity index (χ0n) is 14.0. The zero-order chi connectivity index (χ0) is 18.6. The molecule has 1 heterocycles. The highest BCUT2D eigenvalue weighted by Crippen LogP contribution is 2.10. The molecule has 0 aliphatic carbocycles. The van der Waals surface area contributed by atoms with Crippen LogP contribution in [0, 0.1) is 0 Å². The van der Waals surface area contributed by atoms with Crippen molar-refractivity contribution in [3.8, 4) is 0 Å². The van der Waals surface area contributed by atoms with E-state index >= 15 is 0 Å². The van der Waals surface area contributed by atoms with Crippen molar-refractivity contribution < 1.29 is 14.7 Å². The van der Waals surface area contributed by atoms with Gasteiger partial charge in [-0.2, -0.15) is 0 Å². The third-order valence-electron chi connectivity index (χ3n) is 3.91. The summed E-state index contributed by atoms with van der Waals surface area (Å²) >= 11 is 0. The van der Waals surface area contributed by atoms with E-state index < -0.39 is 29.2 Å². The van der Waals surface area contributed by atoms with Gasteiger partial charge in [0.2, 0.25) is 5.91 Å². The van der Waals surface area contributed by atoms with E-state index in [0.717, 1.165) is 14.7 Å². The minimum absolute atomic E-state index is 0.105. The summed E-state index contributed by atoms with van der Waals surface area (Å²) in [5.41, 5.74) is -0.339. The molecule has 25 heavy (non-hydrogen) atoms. The van der Waals surface area contributed by atoms with Crippen molar-refractivity contribution >= 4 is 11.9 Å². The quantitative estimate of drug-likeness (QED) is 0.797. The first-order chi connectivity index (χ1) is 11.8. The Morgan fingerprint density at radius 2 is 1.80 bits per heavy atom. The molecule has 8 heteroatoms. The summed E-state index contributed by atoms with van der Waals surface area (Å²) in [6.45, 7) is 1.16. The smallest absolute Gasteiger partial charge is 0.331 e. The van der Waals surface area contributed by atoms with E-state index in [1.165, 1.54) is 31.1 Å². The third-order valence-corrected chi connectivity index (χ3v) is 3.91. The first-order valence-electron chi connectivity index (χ1n) is 7.64. The van der Waals surface area contributed by atoms with Gasteiger partial charge in [-0.25, -0.2) is 9.59 Å². The lowest BCUT2D eigenvalue weighted by molar-refractivity contribution is -0.150. The molecule has 1 aromatic heterocycles. The van der Waals surface area contributed by atoms with Crippen molar-refractivity contribution in [2.75, 3.05) is 0 Å². The van der Waals surface area contributed by atoms with Gasteiger partial charge in [-0.15, -0.1) is 0 Å². The maximum atomic E-state index is 12.6. The Hall–Kier alpha value is -3.16. The van der Waals surface area contributed by atoms with Crippen molar-refractivity contribution in [2.24, 2.45) is 7.05 Å². The molecule has 0 fully saturated rings. The number of rotatable bonds is 6. The van der Waals surface area contributed by atoms with Gasteiger partial charge < -0.3 is 10.0 Å². The molecule has 132 valence electrons. The number of aliphatic carboxylic acids is 1. The second-order valence-electron chi connectivity index (χ2n) is 5.64. The predicted molar refractivity (Wildman–Crippen MR) is 90.0 cm³/mol. The van der Waals surface area contributed by atoms with Crippen LogP contribution in [-0.4, -0.2) is 37.1 Å². The first kappa shape index (κ1) is 18.2. The van der Waals surface area contributed by atoms with Crippen LogP contribution in [0.3, 0.4) is 0 Å². The maximum Gasteiger partial charge on any atom is 0.331 e. The molecule has 0 spiro atoms. The summed E-state index contributed by atoms with van der Waals surface area (Å²) in [5, 5.41) is 9.27. The SMILES string of the molecule is CC(C(=O)O)N(Cc1ccccc1)C(=O)Cn1ccc(=O)n(C)c1=O. The molecule has 0 aliphatic heterocycles. The van der Waals surface area contributed by atoms with E-state index in [-0.39, 0.29) is 13.1 Å². The summed E-state index contributed by atoms with van der Waals surface area (Å²) in [7, 11) is 1.31. The fourth-order valence-electron chi connectivity index (χ4n) is 2.33. The molecule has 0 bridgehead atoms. The second kappa shape index (κ2) is 7.61. The number of aromatic nitrogens is 2. The molecule has 0 saturated carbocycles. The second-order valence-corrected chi connectivity index (χ2v) is 5.64. The monoisotopic (exact) mass is 345 g/mol. The molecule has 2 rings (SSSR count). The number of carbonyl (C=O) groups is 2. The van der Waals surface area contributed by atoms with Crippen molar-refractivity contribution in [1.29, 1.82) is 0 Å². The van der Waals surface area contributed by atoms with E-state index in [0.29, 0.717) is 0 Å².